The molecule has 106 valence electrons. The SMILES string of the molecule is NC(=S)c1c(F)cccc1NCCCCC(F)(F)F. The van der Waals surface area contributed by atoms with E-state index in [0.717, 1.165) is 0 Å². The third kappa shape index (κ3) is 5.42. The molecule has 0 atom stereocenters. The van der Waals surface area contributed by atoms with Crippen molar-refractivity contribution in [2.24, 2.45) is 5.73 Å². The van der Waals surface area contributed by atoms with Crippen molar-refractivity contribution in [1.82, 2.24) is 0 Å². The summed E-state index contributed by atoms with van der Waals surface area (Å²) in [5.41, 5.74) is 5.90. The van der Waals surface area contributed by atoms with Gasteiger partial charge in [-0.1, -0.05) is 18.3 Å². The van der Waals surface area contributed by atoms with Crippen LogP contribution in [0.25, 0.3) is 0 Å². The van der Waals surface area contributed by atoms with Crippen LogP contribution >= 0.6 is 12.2 Å². The molecule has 1 aromatic carbocycles. The minimum Gasteiger partial charge on any atom is -0.389 e. The molecule has 0 unspecified atom stereocenters. The first kappa shape index (κ1) is 15.7. The Bertz CT molecular complexity index is 446. The van der Waals surface area contributed by atoms with Crippen LogP contribution in [0, 0.1) is 5.82 Å². The molecule has 0 heterocycles. The second-order valence-electron chi connectivity index (χ2n) is 4.03. The summed E-state index contributed by atoms with van der Waals surface area (Å²) < 4.78 is 49.3. The Morgan fingerprint density at radius 2 is 1.95 bits per heavy atom. The summed E-state index contributed by atoms with van der Waals surface area (Å²) in [6, 6.07) is 4.29. The summed E-state index contributed by atoms with van der Waals surface area (Å²) in [6.45, 7) is 0.301. The standard InChI is InChI=1S/C12H14F4N2S/c13-8-4-3-5-9(10(8)11(17)19)18-7-2-1-6-12(14,15)16/h3-5,18H,1-2,6-7H2,(H2,17,19). The highest BCUT2D eigenvalue weighted by atomic mass is 32.1. The topological polar surface area (TPSA) is 38.0 Å². The first-order valence-electron chi connectivity index (χ1n) is 5.70. The maximum atomic E-state index is 13.5. The third-order valence-electron chi connectivity index (χ3n) is 2.46. The number of hydrogen-bond donors (Lipinski definition) is 2. The fourth-order valence-electron chi connectivity index (χ4n) is 1.60. The van der Waals surface area contributed by atoms with Crippen LogP contribution in [0.5, 0.6) is 0 Å². The van der Waals surface area contributed by atoms with E-state index < -0.39 is 18.4 Å². The molecule has 0 fully saturated rings. The van der Waals surface area contributed by atoms with Gasteiger partial charge in [0.25, 0.3) is 0 Å². The van der Waals surface area contributed by atoms with Crippen LogP contribution in [0.1, 0.15) is 24.8 Å². The minimum atomic E-state index is -4.14. The highest BCUT2D eigenvalue weighted by Crippen LogP contribution is 2.23. The lowest BCUT2D eigenvalue weighted by Crippen LogP contribution is -2.16. The molecule has 7 heteroatoms. The zero-order chi connectivity index (χ0) is 14.5. The molecule has 3 N–H and O–H groups in total. The fraction of sp³-hybridized carbons (Fsp3) is 0.417. The molecule has 0 amide bonds. The Kier molecular flexibility index (Phi) is 5.53. The van der Waals surface area contributed by atoms with E-state index in [1.807, 2.05) is 0 Å². The smallest absolute Gasteiger partial charge is 0.389 e. The minimum absolute atomic E-state index is 0.0220. The van der Waals surface area contributed by atoms with Crippen molar-refractivity contribution in [1.29, 1.82) is 0 Å². The maximum absolute atomic E-state index is 13.5. The zero-order valence-electron chi connectivity index (χ0n) is 10.1. The van der Waals surface area contributed by atoms with Crippen molar-refractivity contribution in [3.05, 3.63) is 29.6 Å². The summed E-state index contributed by atoms with van der Waals surface area (Å²) in [6.07, 6.45) is -4.61. The van der Waals surface area contributed by atoms with E-state index in [0.29, 0.717) is 18.7 Å². The summed E-state index contributed by atoms with van der Waals surface area (Å²) in [7, 11) is 0. The third-order valence-corrected chi connectivity index (χ3v) is 2.67. The average molecular weight is 294 g/mol. The van der Waals surface area contributed by atoms with Gasteiger partial charge < -0.3 is 11.1 Å². The molecule has 0 aromatic heterocycles. The predicted molar refractivity (Wildman–Crippen MR) is 70.7 cm³/mol. The number of benzene rings is 1. The Labute approximate surface area is 114 Å². The van der Waals surface area contributed by atoms with Crippen molar-refractivity contribution >= 4 is 22.9 Å². The molecular formula is C12H14F4N2S. The van der Waals surface area contributed by atoms with E-state index in [9.17, 15) is 17.6 Å². The molecule has 0 aliphatic rings. The lowest BCUT2D eigenvalue weighted by Gasteiger charge is -2.12. The molecule has 1 rings (SSSR count). The summed E-state index contributed by atoms with van der Waals surface area (Å²) in [5, 5.41) is 2.85. The Morgan fingerprint density at radius 3 is 2.53 bits per heavy atom. The van der Waals surface area contributed by atoms with Gasteiger partial charge in [0.05, 0.1) is 5.56 Å². The zero-order valence-corrected chi connectivity index (χ0v) is 10.9. The monoisotopic (exact) mass is 294 g/mol. The Balaban J connectivity index is 2.50. The van der Waals surface area contributed by atoms with Gasteiger partial charge >= 0.3 is 6.18 Å². The van der Waals surface area contributed by atoms with Crippen molar-refractivity contribution in [2.75, 3.05) is 11.9 Å². The van der Waals surface area contributed by atoms with Crippen molar-refractivity contribution < 1.29 is 17.6 Å². The van der Waals surface area contributed by atoms with Gasteiger partial charge in [-0.2, -0.15) is 13.2 Å². The Morgan fingerprint density at radius 1 is 1.26 bits per heavy atom. The molecule has 0 aliphatic carbocycles. The quantitative estimate of drug-likeness (QED) is 0.478. The highest BCUT2D eigenvalue weighted by Gasteiger charge is 2.25. The van der Waals surface area contributed by atoms with Crippen LogP contribution in [0.3, 0.4) is 0 Å². The number of halogens is 4. The Hall–Kier alpha value is -1.37. The number of thiocarbonyl (C=S) groups is 1. The van der Waals surface area contributed by atoms with E-state index in [4.69, 9.17) is 18.0 Å². The van der Waals surface area contributed by atoms with Gasteiger partial charge in [0, 0.05) is 18.7 Å². The fourth-order valence-corrected chi connectivity index (χ4v) is 1.80. The van der Waals surface area contributed by atoms with Crippen LogP contribution in [-0.4, -0.2) is 17.7 Å². The number of nitrogens with two attached hydrogens (primary N) is 1. The normalized spacial score (nSPS) is 11.4. The number of unbranched alkanes of at least 4 members (excludes halogenated alkanes) is 1. The summed E-state index contributed by atoms with van der Waals surface area (Å²) in [5.74, 6) is -0.548. The van der Waals surface area contributed by atoms with Crippen LogP contribution in [0.4, 0.5) is 23.2 Å². The average Bonchev–Trinajstić information content (AvgIpc) is 2.26. The number of rotatable bonds is 6. The van der Waals surface area contributed by atoms with E-state index in [-0.39, 0.29) is 17.0 Å². The van der Waals surface area contributed by atoms with Crippen LogP contribution in [0.15, 0.2) is 18.2 Å². The van der Waals surface area contributed by atoms with Crippen molar-refractivity contribution in [3.8, 4) is 0 Å². The number of nitrogens with one attached hydrogen (secondary N) is 1. The molecule has 2 nitrogen and oxygen atoms in total. The van der Waals surface area contributed by atoms with Gasteiger partial charge in [-0.05, 0) is 25.0 Å². The molecule has 1 aromatic rings. The molecule has 0 aliphatic heterocycles. The molecular weight excluding hydrogens is 280 g/mol. The van der Waals surface area contributed by atoms with E-state index in [2.05, 4.69) is 5.32 Å². The van der Waals surface area contributed by atoms with Gasteiger partial charge in [-0.15, -0.1) is 0 Å². The second kappa shape index (κ2) is 6.70. The van der Waals surface area contributed by atoms with Crippen LogP contribution < -0.4 is 11.1 Å². The first-order valence-corrected chi connectivity index (χ1v) is 6.11. The molecule has 19 heavy (non-hydrogen) atoms. The lowest BCUT2D eigenvalue weighted by atomic mass is 10.1. The molecule has 0 saturated heterocycles. The van der Waals surface area contributed by atoms with Gasteiger partial charge in [0.2, 0.25) is 0 Å². The van der Waals surface area contributed by atoms with E-state index in [1.54, 1.807) is 6.07 Å². The number of hydrogen-bond acceptors (Lipinski definition) is 2. The van der Waals surface area contributed by atoms with Gasteiger partial charge in [0.1, 0.15) is 10.8 Å². The molecule has 0 spiro atoms. The summed E-state index contributed by atoms with van der Waals surface area (Å²) >= 11 is 4.74. The van der Waals surface area contributed by atoms with Gasteiger partial charge in [-0.25, -0.2) is 4.39 Å². The largest absolute Gasteiger partial charge is 0.389 e. The van der Waals surface area contributed by atoms with E-state index in [1.165, 1.54) is 12.1 Å². The molecule has 0 bridgehead atoms. The number of alkyl halides is 3. The van der Waals surface area contributed by atoms with E-state index >= 15 is 0 Å². The van der Waals surface area contributed by atoms with Crippen molar-refractivity contribution in [2.45, 2.75) is 25.4 Å². The van der Waals surface area contributed by atoms with Gasteiger partial charge in [0.15, 0.2) is 0 Å². The van der Waals surface area contributed by atoms with Crippen molar-refractivity contribution in [3.63, 3.8) is 0 Å². The van der Waals surface area contributed by atoms with Crippen LogP contribution in [0.2, 0.25) is 0 Å². The predicted octanol–water partition coefficient (Wildman–Crippen LogP) is 3.60. The molecule has 0 radical (unpaired) electrons. The van der Waals surface area contributed by atoms with Gasteiger partial charge in [-0.3, -0.25) is 0 Å². The highest BCUT2D eigenvalue weighted by molar-refractivity contribution is 7.80. The lowest BCUT2D eigenvalue weighted by molar-refractivity contribution is -0.135. The second-order valence-corrected chi connectivity index (χ2v) is 4.47. The first-order chi connectivity index (χ1) is 8.81. The van der Waals surface area contributed by atoms with Crippen LogP contribution in [-0.2, 0) is 0 Å². The maximum Gasteiger partial charge on any atom is 0.389 e. The number of anilines is 1. The molecule has 0 saturated carbocycles. The summed E-state index contributed by atoms with van der Waals surface area (Å²) in [4.78, 5) is -0.0871.